The lowest BCUT2D eigenvalue weighted by molar-refractivity contribution is -0.184. The van der Waals surface area contributed by atoms with E-state index < -0.39 is 35.2 Å². The van der Waals surface area contributed by atoms with Crippen LogP contribution in [0, 0.1) is 0 Å². The summed E-state index contributed by atoms with van der Waals surface area (Å²) in [6, 6.07) is 2.84. The molecule has 1 aromatic carbocycles. The lowest BCUT2D eigenvalue weighted by Crippen LogP contribution is -2.32. The summed E-state index contributed by atoms with van der Waals surface area (Å²) in [6.07, 6.45) is -4.05. The van der Waals surface area contributed by atoms with E-state index in [1.54, 1.807) is 0 Å². The van der Waals surface area contributed by atoms with Gasteiger partial charge in [0.05, 0.1) is 17.7 Å². The number of hydrogen-bond donors (Lipinski definition) is 0. The van der Waals surface area contributed by atoms with Gasteiger partial charge in [-0.3, -0.25) is 0 Å². The second-order valence-corrected chi connectivity index (χ2v) is 3.90. The van der Waals surface area contributed by atoms with Crippen molar-refractivity contribution in [3.05, 3.63) is 29.3 Å². The van der Waals surface area contributed by atoms with Gasteiger partial charge in [-0.25, -0.2) is 9.59 Å². The number of nitrogens with zero attached hydrogens (tertiary/aromatic N) is 1. The van der Waals surface area contributed by atoms with Crippen molar-refractivity contribution >= 4 is 17.7 Å². The Morgan fingerprint density at radius 1 is 1.45 bits per heavy atom. The van der Waals surface area contributed by atoms with E-state index in [0.717, 1.165) is 18.2 Å². The minimum Gasteiger partial charge on any atom is -0.432 e. The van der Waals surface area contributed by atoms with Crippen LogP contribution >= 0.6 is 0 Å². The maximum Gasteiger partial charge on any atom is 0.418 e. The monoisotopic (exact) mass is 287 g/mol. The summed E-state index contributed by atoms with van der Waals surface area (Å²) in [5.41, 5.74) is -2.47. The molecule has 1 aromatic rings. The Labute approximate surface area is 111 Å². The van der Waals surface area contributed by atoms with E-state index in [2.05, 4.69) is 4.99 Å². The fourth-order valence-electron chi connectivity index (χ4n) is 1.59. The molecule has 1 saturated heterocycles. The number of aliphatic imine (C=N–C) groups is 1. The standard InChI is InChI=1S/C12H8F3NO4/c13-12(14,15)8-3-1-2-7(10(8)16-6-17)11(18)20-9-4-5-19-9/h1-3,9H,4-5H2. The molecule has 1 aliphatic rings. The molecular formula is C12H8F3NO4. The Balaban J connectivity index is 2.41. The first-order valence-electron chi connectivity index (χ1n) is 5.54. The molecule has 1 atom stereocenters. The molecule has 0 amide bonds. The van der Waals surface area contributed by atoms with Crippen LogP contribution in [0.4, 0.5) is 18.9 Å². The zero-order valence-corrected chi connectivity index (χ0v) is 9.94. The van der Waals surface area contributed by atoms with E-state index in [9.17, 15) is 22.8 Å². The average Bonchev–Trinajstić information content (AvgIpc) is 2.33. The molecule has 0 spiro atoms. The van der Waals surface area contributed by atoms with Crippen LogP contribution in [0.2, 0.25) is 0 Å². The largest absolute Gasteiger partial charge is 0.432 e. The van der Waals surface area contributed by atoms with Crippen LogP contribution < -0.4 is 0 Å². The molecule has 1 heterocycles. The van der Waals surface area contributed by atoms with Gasteiger partial charge in [0, 0.05) is 6.42 Å². The van der Waals surface area contributed by atoms with Gasteiger partial charge in [-0.2, -0.15) is 18.2 Å². The lowest BCUT2D eigenvalue weighted by atomic mass is 10.1. The van der Waals surface area contributed by atoms with Crippen LogP contribution in [0.3, 0.4) is 0 Å². The molecule has 106 valence electrons. The average molecular weight is 287 g/mol. The number of rotatable bonds is 3. The molecule has 2 rings (SSSR count). The molecule has 0 saturated carbocycles. The Bertz CT molecular complexity index is 575. The first-order chi connectivity index (χ1) is 9.43. The zero-order chi connectivity index (χ0) is 14.8. The molecular weight excluding hydrogens is 279 g/mol. The number of halogens is 3. The number of para-hydroxylation sites is 1. The van der Waals surface area contributed by atoms with Gasteiger partial charge >= 0.3 is 12.1 Å². The summed E-state index contributed by atoms with van der Waals surface area (Å²) >= 11 is 0. The summed E-state index contributed by atoms with van der Waals surface area (Å²) < 4.78 is 48.0. The van der Waals surface area contributed by atoms with Crippen molar-refractivity contribution in [1.82, 2.24) is 0 Å². The van der Waals surface area contributed by atoms with Crippen molar-refractivity contribution in [2.45, 2.75) is 18.9 Å². The first kappa shape index (κ1) is 14.2. The van der Waals surface area contributed by atoms with Gasteiger partial charge in [-0.05, 0) is 12.1 Å². The van der Waals surface area contributed by atoms with Gasteiger partial charge in [0.25, 0.3) is 0 Å². The summed E-state index contributed by atoms with van der Waals surface area (Å²) in [5.74, 6) is -1.03. The van der Waals surface area contributed by atoms with E-state index >= 15 is 0 Å². The van der Waals surface area contributed by atoms with Crippen LogP contribution in [0.25, 0.3) is 0 Å². The highest BCUT2D eigenvalue weighted by Gasteiger charge is 2.36. The Hall–Kier alpha value is -2.18. The summed E-state index contributed by atoms with van der Waals surface area (Å²) in [4.78, 5) is 25.0. The predicted molar refractivity (Wildman–Crippen MR) is 59.0 cm³/mol. The number of carbonyl (C=O) groups excluding carboxylic acids is 2. The van der Waals surface area contributed by atoms with Crippen molar-refractivity contribution in [2.75, 3.05) is 6.61 Å². The fourth-order valence-corrected chi connectivity index (χ4v) is 1.59. The molecule has 1 unspecified atom stereocenters. The third kappa shape index (κ3) is 2.87. The minimum absolute atomic E-state index is 0.417. The molecule has 5 nitrogen and oxygen atoms in total. The maximum absolute atomic E-state index is 12.8. The van der Waals surface area contributed by atoms with Gasteiger partial charge in [0.1, 0.15) is 5.69 Å². The summed E-state index contributed by atoms with van der Waals surface area (Å²) in [6.45, 7) is 0.417. The quantitative estimate of drug-likeness (QED) is 0.487. The smallest absolute Gasteiger partial charge is 0.418 e. The fraction of sp³-hybridized carbons (Fsp3) is 0.333. The highest BCUT2D eigenvalue weighted by atomic mass is 19.4. The number of alkyl halides is 3. The number of esters is 1. The highest BCUT2D eigenvalue weighted by Crippen LogP contribution is 2.38. The second-order valence-electron chi connectivity index (χ2n) is 3.90. The molecule has 1 aliphatic heterocycles. The number of isocyanates is 1. The van der Waals surface area contributed by atoms with Gasteiger partial charge in [0.2, 0.25) is 12.4 Å². The van der Waals surface area contributed by atoms with E-state index in [4.69, 9.17) is 9.47 Å². The Morgan fingerprint density at radius 2 is 2.15 bits per heavy atom. The molecule has 0 aliphatic carbocycles. The summed E-state index contributed by atoms with van der Waals surface area (Å²) in [7, 11) is 0. The van der Waals surface area contributed by atoms with E-state index in [-0.39, 0.29) is 0 Å². The third-order valence-corrected chi connectivity index (χ3v) is 2.61. The lowest BCUT2D eigenvalue weighted by Gasteiger charge is -2.26. The zero-order valence-electron chi connectivity index (χ0n) is 9.94. The van der Waals surface area contributed by atoms with Gasteiger partial charge in [0.15, 0.2) is 0 Å². The van der Waals surface area contributed by atoms with E-state index in [1.807, 2.05) is 0 Å². The SMILES string of the molecule is O=C=Nc1c(C(=O)OC2CCO2)cccc1C(F)(F)F. The van der Waals surface area contributed by atoms with E-state index in [0.29, 0.717) is 19.1 Å². The van der Waals surface area contributed by atoms with Crippen LogP contribution in [0.5, 0.6) is 0 Å². The van der Waals surface area contributed by atoms with Crippen LogP contribution in [-0.4, -0.2) is 24.9 Å². The molecule has 20 heavy (non-hydrogen) atoms. The molecule has 1 fully saturated rings. The highest BCUT2D eigenvalue weighted by molar-refractivity contribution is 5.96. The third-order valence-electron chi connectivity index (χ3n) is 2.61. The van der Waals surface area contributed by atoms with Gasteiger partial charge < -0.3 is 9.47 Å². The minimum atomic E-state index is -4.75. The normalized spacial score (nSPS) is 17.9. The number of benzene rings is 1. The van der Waals surface area contributed by atoms with E-state index in [1.165, 1.54) is 0 Å². The number of carbonyl (C=O) groups is 1. The Kier molecular flexibility index (Phi) is 3.87. The molecule has 0 bridgehead atoms. The van der Waals surface area contributed by atoms with Crippen LogP contribution in [0.1, 0.15) is 22.3 Å². The molecule has 8 heteroatoms. The number of hydrogen-bond acceptors (Lipinski definition) is 5. The van der Waals surface area contributed by atoms with Crippen molar-refractivity contribution in [2.24, 2.45) is 4.99 Å². The first-order valence-corrected chi connectivity index (χ1v) is 5.54. The van der Waals surface area contributed by atoms with Crippen molar-refractivity contribution in [3.8, 4) is 0 Å². The van der Waals surface area contributed by atoms with Gasteiger partial charge in [-0.1, -0.05) is 6.07 Å². The van der Waals surface area contributed by atoms with Crippen molar-refractivity contribution in [1.29, 1.82) is 0 Å². The maximum atomic E-state index is 12.8. The van der Waals surface area contributed by atoms with Crippen LogP contribution in [0.15, 0.2) is 23.2 Å². The molecule has 0 aromatic heterocycles. The Morgan fingerprint density at radius 3 is 2.65 bits per heavy atom. The number of ether oxygens (including phenoxy) is 2. The second kappa shape index (κ2) is 5.44. The van der Waals surface area contributed by atoms with Crippen LogP contribution in [-0.2, 0) is 20.4 Å². The topological polar surface area (TPSA) is 65.0 Å². The predicted octanol–water partition coefficient (Wildman–Crippen LogP) is 2.58. The van der Waals surface area contributed by atoms with Gasteiger partial charge in [-0.15, -0.1) is 0 Å². The summed E-state index contributed by atoms with van der Waals surface area (Å²) in [5, 5.41) is 0. The molecule has 0 N–H and O–H groups in total. The van der Waals surface area contributed by atoms with Crippen molar-refractivity contribution in [3.63, 3.8) is 0 Å². The molecule has 0 radical (unpaired) electrons. The van der Waals surface area contributed by atoms with Crippen molar-refractivity contribution < 1.29 is 32.2 Å².